The SMILES string of the molecule is c1cc(COC2CCNCC2)no1. The lowest BCUT2D eigenvalue weighted by molar-refractivity contribution is 0.0185. The van der Waals surface area contributed by atoms with E-state index in [1.807, 2.05) is 6.07 Å². The molecule has 0 aromatic carbocycles. The minimum atomic E-state index is 0.387. The van der Waals surface area contributed by atoms with E-state index >= 15 is 0 Å². The zero-order chi connectivity index (χ0) is 8.93. The highest BCUT2D eigenvalue weighted by Crippen LogP contribution is 2.09. The zero-order valence-corrected chi connectivity index (χ0v) is 7.53. The maximum atomic E-state index is 5.66. The van der Waals surface area contributed by atoms with E-state index in [1.54, 1.807) is 6.26 Å². The Kier molecular flexibility index (Phi) is 2.94. The first-order chi connectivity index (χ1) is 6.45. The van der Waals surface area contributed by atoms with Crippen molar-refractivity contribution in [1.82, 2.24) is 10.5 Å². The van der Waals surface area contributed by atoms with Crippen LogP contribution in [-0.2, 0) is 11.3 Å². The van der Waals surface area contributed by atoms with Gasteiger partial charge in [0.25, 0.3) is 0 Å². The van der Waals surface area contributed by atoms with Crippen molar-refractivity contribution in [3.8, 4) is 0 Å². The van der Waals surface area contributed by atoms with Gasteiger partial charge in [-0.2, -0.15) is 0 Å². The van der Waals surface area contributed by atoms with Crippen LogP contribution in [0.4, 0.5) is 0 Å². The van der Waals surface area contributed by atoms with Crippen molar-refractivity contribution in [2.75, 3.05) is 13.1 Å². The summed E-state index contributed by atoms with van der Waals surface area (Å²) in [5.41, 5.74) is 0.874. The fourth-order valence-electron chi connectivity index (χ4n) is 1.48. The Morgan fingerprint density at radius 1 is 1.54 bits per heavy atom. The molecule has 0 unspecified atom stereocenters. The van der Waals surface area contributed by atoms with Gasteiger partial charge in [0.05, 0.1) is 12.7 Å². The Morgan fingerprint density at radius 2 is 2.38 bits per heavy atom. The van der Waals surface area contributed by atoms with Crippen molar-refractivity contribution in [3.05, 3.63) is 18.0 Å². The Morgan fingerprint density at radius 3 is 3.08 bits per heavy atom. The van der Waals surface area contributed by atoms with Crippen molar-refractivity contribution in [2.45, 2.75) is 25.6 Å². The molecular weight excluding hydrogens is 168 g/mol. The average Bonchev–Trinajstić information content (AvgIpc) is 2.69. The van der Waals surface area contributed by atoms with E-state index in [-0.39, 0.29) is 0 Å². The van der Waals surface area contributed by atoms with Gasteiger partial charge in [-0.15, -0.1) is 0 Å². The van der Waals surface area contributed by atoms with Gasteiger partial charge in [0.2, 0.25) is 0 Å². The Labute approximate surface area is 77.2 Å². The second-order valence-electron chi connectivity index (χ2n) is 3.25. The monoisotopic (exact) mass is 182 g/mol. The van der Waals surface area contributed by atoms with E-state index in [4.69, 9.17) is 9.26 Å². The molecule has 4 heteroatoms. The summed E-state index contributed by atoms with van der Waals surface area (Å²) in [4.78, 5) is 0. The van der Waals surface area contributed by atoms with E-state index in [0.717, 1.165) is 31.6 Å². The summed E-state index contributed by atoms with van der Waals surface area (Å²) >= 11 is 0. The predicted molar refractivity (Wildman–Crippen MR) is 47.2 cm³/mol. The highest BCUT2D eigenvalue weighted by atomic mass is 16.5. The number of ether oxygens (including phenoxy) is 1. The van der Waals surface area contributed by atoms with Crippen LogP contribution in [0.1, 0.15) is 18.5 Å². The minimum absolute atomic E-state index is 0.387. The largest absolute Gasteiger partial charge is 0.372 e. The highest BCUT2D eigenvalue weighted by Gasteiger charge is 2.13. The molecule has 0 aliphatic carbocycles. The van der Waals surface area contributed by atoms with Crippen LogP contribution >= 0.6 is 0 Å². The number of piperidine rings is 1. The first-order valence-electron chi connectivity index (χ1n) is 4.67. The summed E-state index contributed by atoms with van der Waals surface area (Å²) in [5.74, 6) is 0. The molecule has 0 radical (unpaired) electrons. The van der Waals surface area contributed by atoms with E-state index in [0.29, 0.717) is 12.7 Å². The molecule has 1 N–H and O–H groups in total. The van der Waals surface area contributed by atoms with Crippen LogP contribution in [0, 0.1) is 0 Å². The molecule has 72 valence electrons. The van der Waals surface area contributed by atoms with Crippen LogP contribution < -0.4 is 5.32 Å². The molecule has 0 amide bonds. The van der Waals surface area contributed by atoms with Gasteiger partial charge in [0, 0.05) is 6.07 Å². The molecule has 0 spiro atoms. The molecule has 13 heavy (non-hydrogen) atoms. The van der Waals surface area contributed by atoms with Gasteiger partial charge in [0.15, 0.2) is 0 Å². The van der Waals surface area contributed by atoms with Crippen LogP contribution in [0.15, 0.2) is 16.9 Å². The maximum absolute atomic E-state index is 5.66. The fraction of sp³-hybridized carbons (Fsp3) is 0.667. The maximum Gasteiger partial charge on any atom is 0.124 e. The normalized spacial score (nSPS) is 19.1. The van der Waals surface area contributed by atoms with Gasteiger partial charge in [-0.3, -0.25) is 0 Å². The molecule has 1 saturated heterocycles. The minimum Gasteiger partial charge on any atom is -0.372 e. The fourth-order valence-corrected chi connectivity index (χ4v) is 1.48. The average molecular weight is 182 g/mol. The number of hydrogen-bond acceptors (Lipinski definition) is 4. The molecule has 0 atom stereocenters. The van der Waals surface area contributed by atoms with Gasteiger partial charge in [-0.25, -0.2) is 0 Å². The van der Waals surface area contributed by atoms with Gasteiger partial charge >= 0.3 is 0 Å². The molecule has 1 aliphatic rings. The number of aromatic nitrogens is 1. The summed E-state index contributed by atoms with van der Waals surface area (Å²) in [5, 5.41) is 7.08. The van der Waals surface area contributed by atoms with Gasteiger partial charge in [0.1, 0.15) is 12.0 Å². The molecular formula is C9H14N2O2. The molecule has 0 bridgehead atoms. The Bertz CT molecular complexity index is 230. The van der Waals surface area contributed by atoms with Crippen LogP contribution in [0.2, 0.25) is 0 Å². The van der Waals surface area contributed by atoms with Crippen molar-refractivity contribution < 1.29 is 9.26 Å². The molecule has 2 rings (SSSR count). The lowest BCUT2D eigenvalue weighted by Crippen LogP contribution is -2.32. The molecule has 1 aromatic rings. The summed E-state index contributed by atoms with van der Waals surface area (Å²) < 4.78 is 10.4. The molecule has 2 heterocycles. The van der Waals surface area contributed by atoms with Crippen molar-refractivity contribution >= 4 is 0 Å². The first-order valence-corrected chi connectivity index (χ1v) is 4.67. The highest BCUT2D eigenvalue weighted by molar-refractivity contribution is 4.92. The molecule has 4 nitrogen and oxygen atoms in total. The summed E-state index contributed by atoms with van der Waals surface area (Å²) in [6.07, 6.45) is 4.15. The standard InChI is InChI=1S/C9H14N2O2/c1-4-10-5-2-9(1)12-7-8-3-6-13-11-8/h3,6,9-10H,1-2,4-5,7H2. The Hall–Kier alpha value is -0.870. The van der Waals surface area contributed by atoms with Crippen molar-refractivity contribution in [1.29, 1.82) is 0 Å². The first kappa shape index (κ1) is 8.72. The predicted octanol–water partition coefficient (Wildman–Crippen LogP) is 0.943. The molecule has 1 fully saturated rings. The second-order valence-corrected chi connectivity index (χ2v) is 3.25. The van der Waals surface area contributed by atoms with E-state index in [2.05, 4.69) is 10.5 Å². The lowest BCUT2D eigenvalue weighted by Gasteiger charge is -2.22. The Balaban J connectivity index is 1.72. The second kappa shape index (κ2) is 4.39. The third-order valence-electron chi connectivity index (χ3n) is 2.24. The van der Waals surface area contributed by atoms with Crippen LogP contribution in [-0.4, -0.2) is 24.4 Å². The third-order valence-corrected chi connectivity index (χ3v) is 2.24. The summed E-state index contributed by atoms with van der Waals surface area (Å²) in [6, 6.07) is 1.83. The number of nitrogens with one attached hydrogen (secondary N) is 1. The molecule has 0 saturated carbocycles. The van der Waals surface area contributed by atoms with Crippen LogP contribution in [0.3, 0.4) is 0 Å². The van der Waals surface area contributed by atoms with E-state index in [1.165, 1.54) is 0 Å². The molecule has 1 aliphatic heterocycles. The van der Waals surface area contributed by atoms with E-state index < -0.39 is 0 Å². The van der Waals surface area contributed by atoms with Crippen LogP contribution in [0.5, 0.6) is 0 Å². The topological polar surface area (TPSA) is 47.3 Å². The quantitative estimate of drug-likeness (QED) is 0.755. The van der Waals surface area contributed by atoms with Crippen molar-refractivity contribution in [3.63, 3.8) is 0 Å². The third kappa shape index (κ3) is 2.54. The summed E-state index contributed by atoms with van der Waals surface area (Å²) in [6.45, 7) is 2.69. The van der Waals surface area contributed by atoms with Gasteiger partial charge in [-0.05, 0) is 25.9 Å². The summed E-state index contributed by atoms with van der Waals surface area (Å²) in [7, 11) is 0. The van der Waals surface area contributed by atoms with Crippen molar-refractivity contribution in [2.24, 2.45) is 0 Å². The van der Waals surface area contributed by atoms with E-state index in [9.17, 15) is 0 Å². The number of hydrogen-bond donors (Lipinski definition) is 1. The number of nitrogens with zero attached hydrogens (tertiary/aromatic N) is 1. The van der Waals surface area contributed by atoms with Gasteiger partial charge < -0.3 is 14.6 Å². The lowest BCUT2D eigenvalue weighted by atomic mass is 10.1. The zero-order valence-electron chi connectivity index (χ0n) is 7.53. The number of rotatable bonds is 3. The molecule has 1 aromatic heterocycles. The van der Waals surface area contributed by atoms with Crippen LogP contribution in [0.25, 0.3) is 0 Å². The van der Waals surface area contributed by atoms with Gasteiger partial charge in [-0.1, -0.05) is 5.16 Å². The smallest absolute Gasteiger partial charge is 0.124 e.